The lowest BCUT2D eigenvalue weighted by Gasteiger charge is -2.21. The van der Waals surface area contributed by atoms with Gasteiger partial charge in [0.1, 0.15) is 17.5 Å². The van der Waals surface area contributed by atoms with Gasteiger partial charge in [0, 0.05) is 18.3 Å². The molecule has 1 amide bonds. The van der Waals surface area contributed by atoms with E-state index in [0.29, 0.717) is 11.5 Å². The van der Waals surface area contributed by atoms with E-state index in [-0.39, 0.29) is 23.7 Å². The third-order valence-electron chi connectivity index (χ3n) is 4.00. The third kappa shape index (κ3) is 2.88. The molecule has 1 saturated heterocycles. The van der Waals surface area contributed by atoms with Crippen LogP contribution in [0.2, 0.25) is 0 Å². The maximum Gasteiger partial charge on any atom is 0.245 e. The second-order valence-electron chi connectivity index (χ2n) is 5.92. The molecule has 3 rings (SSSR count). The fraction of sp³-hybridized carbons (Fsp3) is 0.467. The molecule has 0 bridgehead atoms. The minimum atomic E-state index is -0.424. The van der Waals surface area contributed by atoms with Crippen molar-refractivity contribution in [3.8, 4) is 5.69 Å². The number of hydrogen-bond acceptors (Lipinski definition) is 5. The maximum atomic E-state index is 14.1. The molecule has 7 nitrogen and oxygen atoms in total. The average molecular weight is 318 g/mol. The summed E-state index contributed by atoms with van der Waals surface area (Å²) in [6, 6.07) is 4.47. The van der Waals surface area contributed by atoms with Gasteiger partial charge in [-0.1, -0.05) is 0 Å². The fourth-order valence-electron chi connectivity index (χ4n) is 2.77. The number of carbonyl (C=O) groups excluding carboxylic acids is 1. The van der Waals surface area contributed by atoms with E-state index in [2.05, 4.69) is 20.8 Å². The molecule has 1 unspecified atom stereocenters. The van der Waals surface area contributed by atoms with Crippen LogP contribution >= 0.6 is 0 Å². The number of benzene rings is 1. The molecule has 1 aromatic carbocycles. The van der Waals surface area contributed by atoms with E-state index in [1.165, 1.54) is 10.7 Å². The molecule has 8 heteroatoms. The van der Waals surface area contributed by atoms with Gasteiger partial charge < -0.3 is 10.2 Å². The Morgan fingerprint density at radius 1 is 1.39 bits per heavy atom. The van der Waals surface area contributed by atoms with Gasteiger partial charge in [0.15, 0.2) is 5.82 Å². The summed E-state index contributed by atoms with van der Waals surface area (Å²) in [7, 11) is 0. The molecule has 1 N–H and O–H groups in total. The first-order valence-corrected chi connectivity index (χ1v) is 7.59. The summed E-state index contributed by atoms with van der Waals surface area (Å²) < 4.78 is 15.4. The molecule has 1 aromatic heterocycles. The molecule has 0 saturated carbocycles. The van der Waals surface area contributed by atoms with Gasteiger partial charge >= 0.3 is 0 Å². The van der Waals surface area contributed by atoms with Crippen molar-refractivity contribution in [1.29, 1.82) is 0 Å². The molecule has 23 heavy (non-hydrogen) atoms. The third-order valence-corrected chi connectivity index (χ3v) is 4.00. The van der Waals surface area contributed by atoms with E-state index < -0.39 is 5.82 Å². The SMILES string of the molecule is Cc1nnnn1-c1cc(NC2CCN(C(C)C)C2=O)ccc1F. The number of rotatable bonds is 4. The number of aromatic nitrogens is 4. The van der Waals surface area contributed by atoms with Crippen LogP contribution in [0, 0.1) is 12.7 Å². The molecule has 0 aliphatic carbocycles. The maximum absolute atomic E-state index is 14.1. The van der Waals surface area contributed by atoms with Gasteiger partial charge in [-0.2, -0.15) is 4.68 Å². The van der Waals surface area contributed by atoms with Crippen molar-refractivity contribution in [3.05, 3.63) is 29.8 Å². The first kappa shape index (κ1) is 15.4. The van der Waals surface area contributed by atoms with Gasteiger partial charge in [0.2, 0.25) is 5.91 Å². The van der Waals surface area contributed by atoms with Crippen LogP contribution in [-0.4, -0.2) is 49.6 Å². The van der Waals surface area contributed by atoms with Gasteiger partial charge in [0.25, 0.3) is 0 Å². The Bertz CT molecular complexity index is 729. The summed E-state index contributed by atoms with van der Waals surface area (Å²) in [4.78, 5) is 14.2. The summed E-state index contributed by atoms with van der Waals surface area (Å²) in [5.41, 5.74) is 0.920. The van der Waals surface area contributed by atoms with Crippen molar-refractivity contribution in [2.24, 2.45) is 0 Å². The average Bonchev–Trinajstić information content (AvgIpc) is 3.08. The van der Waals surface area contributed by atoms with Crippen molar-refractivity contribution >= 4 is 11.6 Å². The van der Waals surface area contributed by atoms with Crippen LogP contribution < -0.4 is 5.32 Å². The van der Waals surface area contributed by atoms with Crippen LogP contribution in [-0.2, 0) is 4.79 Å². The molecule has 1 fully saturated rings. The van der Waals surface area contributed by atoms with Crippen molar-refractivity contribution < 1.29 is 9.18 Å². The Hall–Kier alpha value is -2.51. The molecule has 0 radical (unpaired) electrons. The minimum absolute atomic E-state index is 0.0736. The van der Waals surface area contributed by atoms with Crippen LogP contribution in [0.15, 0.2) is 18.2 Å². The monoisotopic (exact) mass is 318 g/mol. The van der Waals surface area contributed by atoms with Gasteiger partial charge in [-0.05, 0) is 55.8 Å². The summed E-state index contributed by atoms with van der Waals surface area (Å²) in [5, 5.41) is 14.3. The fourth-order valence-corrected chi connectivity index (χ4v) is 2.77. The van der Waals surface area contributed by atoms with Gasteiger partial charge in [0.05, 0.1) is 0 Å². The number of halogens is 1. The number of carbonyl (C=O) groups is 1. The van der Waals surface area contributed by atoms with Crippen LogP contribution in [0.3, 0.4) is 0 Å². The topological polar surface area (TPSA) is 75.9 Å². The second kappa shape index (κ2) is 5.94. The highest BCUT2D eigenvalue weighted by molar-refractivity contribution is 5.87. The Morgan fingerprint density at radius 2 is 2.17 bits per heavy atom. The van der Waals surface area contributed by atoms with E-state index >= 15 is 0 Å². The number of aryl methyl sites for hydroxylation is 1. The summed E-state index contributed by atoms with van der Waals surface area (Å²) in [6.07, 6.45) is 0.730. The predicted octanol–water partition coefficient (Wildman–Crippen LogP) is 1.53. The van der Waals surface area contributed by atoms with Crippen LogP contribution in [0.25, 0.3) is 5.69 Å². The molecule has 1 atom stereocenters. The van der Waals surface area contributed by atoms with Gasteiger partial charge in [-0.25, -0.2) is 4.39 Å². The zero-order valence-corrected chi connectivity index (χ0v) is 13.3. The lowest BCUT2D eigenvalue weighted by atomic mass is 10.2. The van der Waals surface area contributed by atoms with E-state index in [0.717, 1.165) is 13.0 Å². The normalized spacial score (nSPS) is 18.0. The van der Waals surface area contributed by atoms with Crippen molar-refractivity contribution in [2.45, 2.75) is 39.3 Å². The standard InChI is InChI=1S/C15H19FN6O/c1-9(2)21-7-6-13(15(21)23)17-11-4-5-12(16)14(8-11)22-10(3)18-19-20-22/h4-5,8-9,13,17H,6-7H2,1-3H3. The summed E-state index contributed by atoms with van der Waals surface area (Å²) >= 11 is 0. The van der Waals surface area contributed by atoms with Crippen molar-refractivity contribution in [2.75, 3.05) is 11.9 Å². The Balaban J connectivity index is 1.83. The van der Waals surface area contributed by atoms with E-state index in [1.54, 1.807) is 19.1 Å². The van der Waals surface area contributed by atoms with Crippen LogP contribution in [0.1, 0.15) is 26.1 Å². The second-order valence-corrected chi connectivity index (χ2v) is 5.92. The Labute approximate surface area is 133 Å². The summed E-state index contributed by atoms with van der Waals surface area (Å²) in [6.45, 7) is 6.42. The zero-order valence-electron chi connectivity index (χ0n) is 13.3. The van der Waals surface area contributed by atoms with Gasteiger partial charge in [-0.3, -0.25) is 4.79 Å². The highest BCUT2D eigenvalue weighted by atomic mass is 19.1. The van der Waals surface area contributed by atoms with Crippen molar-refractivity contribution in [1.82, 2.24) is 25.1 Å². The smallest absolute Gasteiger partial charge is 0.245 e. The molecule has 1 aliphatic heterocycles. The van der Waals surface area contributed by atoms with Crippen LogP contribution in [0.4, 0.5) is 10.1 Å². The number of hydrogen-bond donors (Lipinski definition) is 1. The molecule has 122 valence electrons. The number of nitrogens with one attached hydrogen (secondary N) is 1. The number of anilines is 1. The Kier molecular flexibility index (Phi) is 3.97. The zero-order chi connectivity index (χ0) is 16.6. The van der Waals surface area contributed by atoms with Crippen molar-refractivity contribution in [3.63, 3.8) is 0 Å². The number of tetrazole rings is 1. The van der Waals surface area contributed by atoms with Gasteiger partial charge in [-0.15, -0.1) is 5.10 Å². The molecular formula is C15H19FN6O. The Morgan fingerprint density at radius 3 is 2.78 bits per heavy atom. The quantitative estimate of drug-likeness (QED) is 0.925. The first-order chi connectivity index (χ1) is 11.0. The lowest BCUT2D eigenvalue weighted by Crippen LogP contribution is -2.37. The first-order valence-electron chi connectivity index (χ1n) is 7.59. The highest BCUT2D eigenvalue weighted by Crippen LogP contribution is 2.23. The number of likely N-dealkylation sites (tertiary alicyclic amines) is 1. The molecule has 0 spiro atoms. The molecule has 2 heterocycles. The molecule has 2 aromatic rings. The lowest BCUT2D eigenvalue weighted by molar-refractivity contribution is -0.129. The van der Waals surface area contributed by atoms with Crippen LogP contribution in [0.5, 0.6) is 0 Å². The highest BCUT2D eigenvalue weighted by Gasteiger charge is 2.32. The number of nitrogens with zero attached hydrogens (tertiary/aromatic N) is 5. The summed E-state index contributed by atoms with van der Waals surface area (Å²) in [5.74, 6) is 0.140. The number of amides is 1. The van der Waals surface area contributed by atoms with E-state index in [1.807, 2.05) is 18.7 Å². The van der Waals surface area contributed by atoms with E-state index in [4.69, 9.17) is 0 Å². The minimum Gasteiger partial charge on any atom is -0.374 e. The molecule has 1 aliphatic rings. The van der Waals surface area contributed by atoms with E-state index in [9.17, 15) is 9.18 Å². The predicted molar refractivity (Wildman–Crippen MR) is 82.7 cm³/mol. The molecular weight excluding hydrogens is 299 g/mol. The largest absolute Gasteiger partial charge is 0.374 e.